The third-order valence-corrected chi connectivity index (χ3v) is 11.5. The van der Waals surface area contributed by atoms with Crippen LogP contribution in [0.1, 0.15) is 46.1 Å². The van der Waals surface area contributed by atoms with Crippen LogP contribution in [0, 0.1) is 11.8 Å². The monoisotopic (exact) mass is 734 g/mol. The van der Waals surface area contributed by atoms with Gasteiger partial charge in [-0.1, -0.05) is 42.5 Å². The summed E-state index contributed by atoms with van der Waals surface area (Å²) in [4.78, 5) is 52.6. The van der Waals surface area contributed by atoms with Gasteiger partial charge in [0.2, 0.25) is 11.8 Å². The summed E-state index contributed by atoms with van der Waals surface area (Å²) in [6.45, 7) is 18.1. The maximum absolute atomic E-state index is 15.3. The van der Waals surface area contributed by atoms with Crippen LogP contribution in [-0.2, 0) is 25.5 Å². The van der Waals surface area contributed by atoms with Crippen LogP contribution in [0.25, 0.3) is 0 Å². The summed E-state index contributed by atoms with van der Waals surface area (Å²) in [6, 6.07) is 22.9. The van der Waals surface area contributed by atoms with Crippen LogP contribution in [0.5, 0.6) is 5.75 Å². The second-order valence-corrected chi connectivity index (χ2v) is 14.6. The highest BCUT2D eigenvalue weighted by Gasteiger charge is 2.79. The van der Waals surface area contributed by atoms with E-state index in [2.05, 4.69) is 31.9 Å². The molecular formula is C44H54N4O6. The average molecular weight is 735 g/mol. The van der Waals surface area contributed by atoms with E-state index in [4.69, 9.17) is 9.47 Å². The van der Waals surface area contributed by atoms with Crippen molar-refractivity contribution in [3.05, 3.63) is 110 Å². The number of aliphatic hydroxyl groups excluding tert-OH is 1. The zero-order valence-electron chi connectivity index (χ0n) is 32.0. The Kier molecular flexibility index (Phi) is 11.6. The number of rotatable bonds is 17. The number of aliphatic hydroxyl groups is 1. The summed E-state index contributed by atoms with van der Waals surface area (Å²) in [5.74, 6) is -2.11. The lowest BCUT2D eigenvalue weighted by molar-refractivity contribution is -0.148. The van der Waals surface area contributed by atoms with Crippen LogP contribution >= 0.6 is 0 Å². The molecule has 3 fully saturated rings. The zero-order valence-corrected chi connectivity index (χ0v) is 32.0. The van der Waals surface area contributed by atoms with Crippen molar-refractivity contribution in [2.45, 2.75) is 70.2 Å². The number of benzene rings is 3. The summed E-state index contributed by atoms with van der Waals surface area (Å²) in [6.07, 6.45) is 4.55. The van der Waals surface area contributed by atoms with Crippen molar-refractivity contribution in [3.63, 3.8) is 0 Å². The molecule has 1 N–H and O–H groups in total. The van der Waals surface area contributed by atoms with Gasteiger partial charge >= 0.3 is 0 Å². The van der Waals surface area contributed by atoms with E-state index in [9.17, 15) is 9.90 Å². The molecule has 2 unspecified atom stereocenters. The molecule has 0 aromatic heterocycles. The number of carbonyl (C=O) groups excluding carboxylic acids is 3. The molecule has 6 atom stereocenters. The van der Waals surface area contributed by atoms with E-state index in [-0.39, 0.29) is 37.4 Å². The van der Waals surface area contributed by atoms with Crippen LogP contribution in [0.4, 0.5) is 17.1 Å². The first-order valence-electron chi connectivity index (χ1n) is 19.2. The topological polar surface area (TPSA) is 103 Å². The summed E-state index contributed by atoms with van der Waals surface area (Å²) in [7, 11) is 0. The van der Waals surface area contributed by atoms with Gasteiger partial charge in [0.25, 0.3) is 5.91 Å². The third kappa shape index (κ3) is 6.82. The molecule has 1 spiro atoms. The highest BCUT2D eigenvalue weighted by Crippen LogP contribution is 2.64. The molecule has 10 heteroatoms. The van der Waals surface area contributed by atoms with E-state index >= 15 is 9.59 Å². The standard InChI is InChI=1S/C44H54N4O6/c1-7-27-46(34-21-23-36(24-22-34)53-11-5)40(50)37-38-41(51)48(35(30-49)29-31-15-13-12-14-16-31)39(44(38)26-25-43(37,6)54-44)42(52)47(28-8-2)33-19-17-32(18-20-33)45(9-3)10-4/h7-8,12-24,35,37-39,49H,1-2,9-11,25-30H2,3-6H3/t35-,37+,38+,39?,43-,44?/m1/s1. The van der Waals surface area contributed by atoms with Crippen LogP contribution < -0.4 is 19.4 Å². The SMILES string of the molecule is C=CCN(C(=O)C1N([C@@H](CO)Cc2ccccc2)C(=O)[C@@H]2[C@@H](C(=O)N(CC=C)c3ccc(OCC)cc3)[C@@]3(C)CCC12O3)c1ccc(N(CC)CC)cc1. The van der Waals surface area contributed by atoms with E-state index < -0.39 is 35.1 Å². The largest absolute Gasteiger partial charge is 0.494 e. The van der Waals surface area contributed by atoms with Crippen molar-refractivity contribution in [3.8, 4) is 5.75 Å². The number of fused-ring (bicyclic) bond motifs is 1. The lowest BCUT2D eigenvalue weighted by Crippen LogP contribution is -2.59. The van der Waals surface area contributed by atoms with Crippen LogP contribution in [0.15, 0.2) is 104 Å². The Labute approximate surface area is 319 Å². The van der Waals surface area contributed by atoms with Gasteiger partial charge in [0.1, 0.15) is 17.4 Å². The Bertz CT molecular complexity index is 1810. The maximum atomic E-state index is 15.3. The molecule has 0 radical (unpaired) electrons. The van der Waals surface area contributed by atoms with Gasteiger partial charge in [-0.15, -0.1) is 13.2 Å². The van der Waals surface area contributed by atoms with E-state index in [0.717, 1.165) is 24.3 Å². The summed E-state index contributed by atoms with van der Waals surface area (Å²) < 4.78 is 12.7. The van der Waals surface area contributed by atoms with Gasteiger partial charge in [-0.05, 0) is 101 Å². The molecule has 54 heavy (non-hydrogen) atoms. The lowest BCUT2D eigenvalue weighted by Gasteiger charge is -2.39. The molecule has 6 rings (SSSR count). The van der Waals surface area contributed by atoms with Gasteiger partial charge in [-0.2, -0.15) is 0 Å². The predicted molar refractivity (Wildman–Crippen MR) is 213 cm³/mol. The molecule has 3 aromatic rings. The van der Waals surface area contributed by atoms with Gasteiger partial charge < -0.3 is 34.2 Å². The van der Waals surface area contributed by atoms with E-state index in [1.807, 2.05) is 92.7 Å². The van der Waals surface area contributed by atoms with Crippen molar-refractivity contribution in [2.24, 2.45) is 11.8 Å². The number of anilines is 3. The average Bonchev–Trinajstić information content (AvgIpc) is 3.76. The molecule has 10 nitrogen and oxygen atoms in total. The number of amides is 3. The summed E-state index contributed by atoms with van der Waals surface area (Å²) >= 11 is 0. The molecule has 0 aliphatic carbocycles. The number of hydrogen-bond donors (Lipinski definition) is 1. The zero-order chi connectivity index (χ0) is 38.6. The fourth-order valence-corrected chi connectivity index (χ4v) is 9.09. The van der Waals surface area contributed by atoms with Crippen molar-refractivity contribution in [2.75, 3.05) is 54.1 Å². The van der Waals surface area contributed by atoms with Gasteiger partial charge in [0.15, 0.2) is 0 Å². The Morgan fingerprint density at radius 1 is 0.889 bits per heavy atom. The second kappa shape index (κ2) is 16.2. The Morgan fingerprint density at radius 2 is 1.46 bits per heavy atom. The molecular weight excluding hydrogens is 681 g/mol. The van der Waals surface area contributed by atoms with Gasteiger partial charge in [0.05, 0.1) is 36.7 Å². The minimum Gasteiger partial charge on any atom is -0.494 e. The fraction of sp³-hybridized carbons (Fsp3) is 0.432. The Hall–Kier alpha value is -4.93. The van der Waals surface area contributed by atoms with Crippen molar-refractivity contribution in [1.82, 2.24) is 4.90 Å². The number of nitrogens with zero attached hydrogens (tertiary/aromatic N) is 4. The first-order chi connectivity index (χ1) is 26.1. The molecule has 3 heterocycles. The molecule has 3 amide bonds. The number of hydrogen-bond acceptors (Lipinski definition) is 7. The number of carbonyl (C=O) groups is 3. The second-order valence-electron chi connectivity index (χ2n) is 14.6. The summed E-state index contributed by atoms with van der Waals surface area (Å²) in [5, 5.41) is 11.0. The molecule has 3 saturated heterocycles. The first-order valence-corrected chi connectivity index (χ1v) is 19.2. The van der Waals surface area contributed by atoms with Crippen LogP contribution in [-0.4, -0.2) is 90.4 Å². The van der Waals surface area contributed by atoms with Crippen molar-refractivity contribution in [1.29, 1.82) is 0 Å². The molecule has 3 aromatic carbocycles. The first kappa shape index (κ1) is 38.8. The molecule has 3 aliphatic rings. The van der Waals surface area contributed by atoms with Crippen molar-refractivity contribution < 1.29 is 29.0 Å². The van der Waals surface area contributed by atoms with Gasteiger partial charge in [0, 0.05) is 43.2 Å². The van der Waals surface area contributed by atoms with Crippen LogP contribution in [0.3, 0.4) is 0 Å². The highest BCUT2D eigenvalue weighted by molar-refractivity contribution is 6.07. The predicted octanol–water partition coefficient (Wildman–Crippen LogP) is 6.04. The summed E-state index contributed by atoms with van der Waals surface area (Å²) in [5.41, 5.74) is 0.949. The lowest BCUT2D eigenvalue weighted by atomic mass is 9.66. The number of likely N-dealkylation sites (tertiary alicyclic amines) is 1. The van der Waals surface area contributed by atoms with Crippen LogP contribution in [0.2, 0.25) is 0 Å². The third-order valence-electron chi connectivity index (χ3n) is 11.5. The van der Waals surface area contributed by atoms with Gasteiger partial charge in [-0.3, -0.25) is 14.4 Å². The Balaban J connectivity index is 1.44. The Morgan fingerprint density at radius 3 is 2.02 bits per heavy atom. The minimum absolute atomic E-state index is 0.190. The quantitative estimate of drug-likeness (QED) is 0.169. The van der Waals surface area contributed by atoms with Crippen molar-refractivity contribution >= 4 is 34.8 Å². The van der Waals surface area contributed by atoms with E-state index in [1.54, 1.807) is 26.9 Å². The van der Waals surface area contributed by atoms with E-state index in [1.165, 1.54) is 0 Å². The normalized spacial score (nSPS) is 24.5. The number of ether oxygens (including phenoxy) is 2. The fourth-order valence-electron chi connectivity index (χ4n) is 9.09. The molecule has 3 aliphatic heterocycles. The highest BCUT2D eigenvalue weighted by atomic mass is 16.5. The minimum atomic E-state index is -1.30. The molecule has 286 valence electrons. The van der Waals surface area contributed by atoms with E-state index in [0.29, 0.717) is 43.0 Å². The van der Waals surface area contributed by atoms with Gasteiger partial charge in [-0.25, -0.2) is 0 Å². The smallest absolute Gasteiger partial charge is 0.253 e. The molecule has 2 bridgehead atoms. The molecule has 0 saturated carbocycles. The maximum Gasteiger partial charge on any atom is 0.253 e.